The van der Waals surface area contributed by atoms with E-state index >= 15 is 0 Å². The maximum absolute atomic E-state index is 6.62. The molecule has 0 radical (unpaired) electrons. The second-order valence-corrected chi connectivity index (χ2v) is 11.6. The van der Waals surface area contributed by atoms with Crippen LogP contribution in [-0.2, 0) is 0 Å². The van der Waals surface area contributed by atoms with Crippen molar-refractivity contribution in [2.45, 2.75) is 0 Å². The second kappa shape index (κ2) is 10.8. The Morgan fingerprint density at radius 3 is 1.74 bits per heavy atom. The van der Waals surface area contributed by atoms with Gasteiger partial charge in [0.2, 0.25) is 0 Å². The van der Waals surface area contributed by atoms with Gasteiger partial charge in [-0.25, -0.2) is 4.98 Å². The summed E-state index contributed by atoms with van der Waals surface area (Å²) in [5, 5.41) is 3.31. The Labute approximate surface area is 266 Å². The summed E-state index contributed by atoms with van der Waals surface area (Å²) in [6, 6.07) is 59.5. The van der Waals surface area contributed by atoms with Crippen molar-refractivity contribution in [3.8, 4) is 50.7 Å². The van der Waals surface area contributed by atoms with Gasteiger partial charge < -0.3 is 4.42 Å². The summed E-state index contributed by atoms with van der Waals surface area (Å²) >= 11 is 0. The van der Waals surface area contributed by atoms with Crippen molar-refractivity contribution in [3.05, 3.63) is 170 Å². The first-order chi connectivity index (χ1) is 22.8. The van der Waals surface area contributed by atoms with Crippen molar-refractivity contribution in [2.24, 2.45) is 0 Å². The Bertz CT molecular complexity index is 2490. The summed E-state index contributed by atoms with van der Waals surface area (Å²) < 4.78 is 8.91. The summed E-state index contributed by atoms with van der Waals surface area (Å²) in [6.45, 7) is 0. The summed E-state index contributed by atoms with van der Waals surface area (Å²) in [7, 11) is 0. The molecule has 0 amide bonds. The van der Waals surface area contributed by atoms with Crippen molar-refractivity contribution in [2.75, 3.05) is 0 Å². The first kappa shape index (κ1) is 26.2. The van der Waals surface area contributed by atoms with Crippen LogP contribution in [0.2, 0.25) is 0 Å². The highest BCUT2D eigenvalue weighted by molar-refractivity contribution is 6.20. The van der Waals surface area contributed by atoms with Crippen LogP contribution in [-0.4, -0.2) is 9.55 Å². The maximum atomic E-state index is 6.62. The van der Waals surface area contributed by atoms with Gasteiger partial charge in [0.25, 0.3) is 0 Å². The van der Waals surface area contributed by atoms with E-state index < -0.39 is 0 Å². The van der Waals surface area contributed by atoms with Crippen molar-refractivity contribution in [3.63, 3.8) is 0 Å². The van der Waals surface area contributed by atoms with E-state index in [1.54, 1.807) is 0 Å². The number of para-hydroxylation sites is 1. The summed E-state index contributed by atoms with van der Waals surface area (Å²) in [6.07, 6.45) is 0. The second-order valence-electron chi connectivity index (χ2n) is 11.6. The zero-order valence-electron chi connectivity index (χ0n) is 25.0. The number of hydrogen-bond donors (Lipinski definition) is 0. The molecule has 0 unspecified atom stereocenters. The van der Waals surface area contributed by atoms with E-state index in [0.717, 1.165) is 72.3 Å². The number of furan rings is 1. The Balaban J connectivity index is 1.27. The number of fused-ring (bicyclic) bond motifs is 5. The van der Waals surface area contributed by atoms with Gasteiger partial charge >= 0.3 is 0 Å². The van der Waals surface area contributed by atoms with Crippen LogP contribution in [0.15, 0.2) is 174 Å². The lowest BCUT2D eigenvalue weighted by atomic mass is 9.99. The molecule has 0 aliphatic carbocycles. The van der Waals surface area contributed by atoms with E-state index in [1.807, 2.05) is 24.3 Å². The van der Waals surface area contributed by atoms with Crippen molar-refractivity contribution in [1.82, 2.24) is 9.55 Å². The number of nitrogens with zero attached hydrogens (tertiary/aromatic N) is 2. The molecule has 216 valence electrons. The molecule has 6 aromatic carbocycles. The summed E-state index contributed by atoms with van der Waals surface area (Å²) in [4.78, 5) is 5.30. The average molecular weight is 589 g/mol. The molecular formula is C43H28N2O. The van der Waals surface area contributed by atoms with Crippen molar-refractivity contribution < 1.29 is 4.42 Å². The first-order valence-corrected chi connectivity index (χ1v) is 15.5. The molecule has 3 heterocycles. The van der Waals surface area contributed by atoms with Crippen LogP contribution in [0.25, 0.3) is 83.4 Å². The highest BCUT2D eigenvalue weighted by Crippen LogP contribution is 2.40. The largest absolute Gasteiger partial charge is 0.455 e. The van der Waals surface area contributed by atoms with Crippen molar-refractivity contribution in [1.29, 1.82) is 0 Å². The minimum atomic E-state index is 0.865. The van der Waals surface area contributed by atoms with Gasteiger partial charge in [-0.1, -0.05) is 133 Å². The van der Waals surface area contributed by atoms with E-state index in [-0.39, 0.29) is 0 Å². The van der Waals surface area contributed by atoms with Crippen LogP contribution in [0.4, 0.5) is 0 Å². The average Bonchev–Trinajstić information content (AvgIpc) is 3.72. The third-order valence-corrected chi connectivity index (χ3v) is 8.81. The third kappa shape index (κ3) is 4.41. The predicted molar refractivity (Wildman–Crippen MR) is 190 cm³/mol. The molecule has 3 nitrogen and oxygen atoms in total. The van der Waals surface area contributed by atoms with E-state index in [9.17, 15) is 0 Å². The highest BCUT2D eigenvalue weighted by Gasteiger charge is 2.19. The van der Waals surface area contributed by atoms with Gasteiger partial charge in [-0.15, -0.1) is 0 Å². The molecule has 0 aliphatic heterocycles. The van der Waals surface area contributed by atoms with Gasteiger partial charge in [-0.2, -0.15) is 0 Å². The van der Waals surface area contributed by atoms with E-state index in [2.05, 4.69) is 150 Å². The van der Waals surface area contributed by atoms with Crippen LogP contribution < -0.4 is 0 Å². The number of hydrogen-bond acceptors (Lipinski definition) is 2. The molecule has 0 saturated carbocycles. The molecule has 0 fully saturated rings. The lowest BCUT2D eigenvalue weighted by molar-refractivity contribution is 0.635. The zero-order valence-corrected chi connectivity index (χ0v) is 25.0. The molecule has 0 N–H and O–H groups in total. The summed E-state index contributed by atoms with van der Waals surface area (Å²) in [5.41, 5.74) is 10.8. The van der Waals surface area contributed by atoms with Gasteiger partial charge in [0.15, 0.2) is 0 Å². The number of rotatable bonds is 5. The molecule has 0 spiro atoms. The lowest BCUT2D eigenvalue weighted by Gasteiger charge is -2.13. The fourth-order valence-corrected chi connectivity index (χ4v) is 6.58. The summed E-state index contributed by atoms with van der Waals surface area (Å²) in [5.74, 6) is 1.73. The van der Waals surface area contributed by atoms with Crippen molar-refractivity contribution >= 4 is 32.8 Å². The number of benzene rings is 6. The minimum absolute atomic E-state index is 0.865. The SMILES string of the molecule is c1ccc(-c2ccc(-c3cc(-c4ccccc4)nc(-n4c5ccccc5c5c6oc(-c7ccccc7)cc6ccc54)c3)cc2)cc1. The van der Waals surface area contributed by atoms with Crippen LogP contribution in [0.1, 0.15) is 0 Å². The first-order valence-electron chi connectivity index (χ1n) is 15.5. The van der Waals surface area contributed by atoms with E-state index in [1.165, 1.54) is 11.1 Å². The molecule has 9 aromatic rings. The predicted octanol–water partition coefficient (Wildman–Crippen LogP) is 11.6. The van der Waals surface area contributed by atoms with Gasteiger partial charge in [0.05, 0.1) is 22.1 Å². The van der Waals surface area contributed by atoms with E-state index in [0.29, 0.717) is 0 Å². The van der Waals surface area contributed by atoms with Crippen LogP contribution in [0.3, 0.4) is 0 Å². The monoisotopic (exact) mass is 588 g/mol. The van der Waals surface area contributed by atoms with Gasteiger partial charge in [0.1, 0.15) is 17.2 Å². The van der Waals surface area contributed by atoms with Crippen LogP contribution in [0, 0.1) is 0 Å². The molecule has 3 aromatic heterocycles. The Morgan fingerprint density at radius 1 is 0.435 bits per heavy atom. The topological polar surface area (TPSA) is 31.0 Å². The van der Waals surface area contributed by atoms with Gasteiger partial charge in [-0.3, -0.25) is 4.57 Å². The standard InChI is InChI=1S/C43H28N2O/c1-4-12-29(13-5-1)30-20-22-31(23-21-30)35-26-37(32-14-6-2-7-15-32)44-41(28-35)45-38-19-11-10-18-36(38)42-39(45)25-24-34-27-40(46-43(34)42)33-16-8-3-9-17-33/h1-28H. The third-order valence-electron chi connectivity index (χ3n) is 8.81. The molecule has 0 aliphatic rings. The Hall–Kier alpha value is -6.19. The maximum Gasteiger partial charge on any atom is 0.144 e. The lowest BCUT2D eigenvalue weighted by Crippen LogP contribution is -2.00. The molecular weight excluding hydrogens is 560 g/mol. The quantitative estimate of drug-likeness (QED) is 0.200. The molecule has 0 saturated heterocycles. The Kier molecular flexibility index (Phi) is 6.14. The van der Waals surface area contributed by atoms with Crippen LogP contribution >= 0.6 is 0 Å². The number of pyridine rings is 1. The fourth-order valence-electron chi connectivity index (χ4n) is 6.58. The van der Waals surface area contributed by atoms with Gasteiger partial charge in [-0.05, 0) is 58.7 Å². The molecule has 9 rings (SSSR count). The fraction of sp³-hybridized carbons (Fsp3) is 0. The zero-order chi connectivity index (χ0) is 30.5. The Morgan fingerprint density at radius 2 is 1.02 bits per heavy atom. The van der Waals surface area contributed by atoms with Crippen LogP contribution in [0.5, 0.6) is 0 Å². The van der Waals surface area contributed by atoms with Gasteiger partial charge in [0, 0.05) is 21.9 Å². The molecule has 0 atom stereocenters. The molecule has 0 bridgehead atoms. The molecule has 46 heavy (non-hydrogen) atoms. The minimum Gasteiger partial charge on any atom is -0.455 e. The highest BCUT2D eigenvalue weighted by atomic mass is 16.3. The van der Waals surface area contributed by atoms with E-state index in [4.69, 9.17) is 9.40 Å². The molecule has 3 heteroatoms. The normalized spacial score (nSPS) is 11.5. The smallest absolute Gasteiger partial charge is 0.144 e. The number of aromatic nitrogens is 2.